The van der Waals surface area contributed by atoms with Crippen LogP contribution in [0.5, 0.6) is 11.5 Å². The summed E-state index contributed by atoms with van der Waals surface area (Å²) in [6.07, 6.45) is 0. The van der Waals surface area contributed by atoms with E-state index in [1.165, 1.54) is 6.07 Å². The van der Waals surface area contributed by atoms with Crippen LogP contribution in [0, 0.1) is 11.6 Å². The molecule has 0 aliphatic carbocycles. The average Bonchev–Trinajstić information content (AvgIpc) is 3.19. The highest BCUT2D eigenvalue weighted by Crippen LogP contribution is 2.44. The number of halogens is 2. The molecule has 1 unspecified atom stereocenters. The van der Waals surface area contributed by atoms with Crippen LogP contribution in [0.1, 0.15) is 31.0 Å². The first-order valence-corrected chi connectivity index (χ1v) is 12.3. The third kappa shape index (κ3) is 4.34. The minimum atomic E-state index is -1.16. The number of Topliss-reactive ketones (excluding diaryl/α,β-unsaturated/α-hetero) is 1. The molecule has 2 aliphatic rings. The van der Waals surface area contributed by atoms with Gasteiger partial charge < -0.3 is 19.5 Å². The van der Waals surface area contributed by atoms with E-state index >= 15 is 0 Å². The number of hydrogen-bond acceptors (Lipinski definition) is 6. The minimum Gasteiger partial charge on any atom is -0.507 e. The molecule has 0 aromatic heterocycles. The molecular formula is C29H26F2N2O5. The maximum atomic E-state index is 14.9. The first kappa shape index (κ1) is 25.3. The van der Waals surface area contributed by atoms with Crippen molar-refractivity contribution < 1.29 is 33.0 Å². The van der Waals surface area contributed by atoms with Gasteiger partial charge >= 0.3 is 0 Å². The van der Waals surface area contributed by atoms with Gasteiger partial charge in [-0.3, -0.25) is 14.5 Å². The Labute approximate surface area is 218 Å². The Hall–Kier alpha value is -4.40. The summed E-state index contributed by atoms with van der Waals surface area (Å²) in [4.78, 5) is 29.7. The number of rotatable bonds is 6. The van der Waals surface area contributed by atoms with Crippen molar-refractivity contribution in [1.82, 2.24) is 0 Å². The van der Waals surface area contributed by atoms with Gasteiger partial charge in [0.1, 0.15) is 30.6 Å². The molecule has 196 valence electrons. The van der Waals surface area contributed by atoms with Crippen molar-refractivity contribution in [2.75, 3.05) is 36.1 Å². The van der Waals surface area contributed by atoms with Crippen LogP contribution in [0.4, 0.5) is 20.2 Å². The van der Waals surface area contributed by atoms with E-state index in [1.54, 1.807) is 24.3 Å². The Morgan fingerprint density at radius 2 is 1.63 bits per heavy atom. The maximum absolute atomic E-state index is 14.9. The van der Waals surface area contributed by atoms with E-state index in [2.05, 4.69) is 4.90 Å². The second-order valence-electron chi connectivity index (χ2n) is 8.89. The van der Waals surface area contributed by atoms with Gasteiger partial charge in [0.15, 0.2) is 11.5 Å². The topological polar surface area (TPSA) is 79.3 Å². The molecule has 0 radical (unpaired) electrons. The number of carbonyl (C=O) groups excluding carboxylic acids is 2. The first-order valence-electron chi connectivity index (χ1n) is 12.3. The third-order valence-corrected chi connectivity index (χ3v) is 6.77. The number of benzene rings is 3. The van der Waals surface area contributed by atoms with Gasteiger partial charge in [0.05, 0.1) is 17.3 Å². The second kappa shape index (κ2) is 10.2. The number of aliphatic hydroxyl groups excluding tert-OH is 1. The van der Waals surface area contributed by atoms with Crippen molar-refractivity contribution in [3.63, 3.8) is 0 Å². The van der Waals surface area contributed by atoms with Crippen LogP contribution < -0.4 is 19.3 Å². The van der Waals surface area contributed by atoms with E-state index < -0.39 is 35.1 Å². The van der Waals surface area contributed by atoms with E-state index in [4.69, 9.17) is 9.47 Å². The molecule has 3 aromatic rings. The highest BCUT2D eigenvalue weighted by Gasteiger charge is 2.47. The molecule has 38 heavy (non-hydrogen) atoms. The van der Waals surface area contributed by atoms with Crippen molar-refractivity contribution in [2.24, 2.45) is 0 Å². The first-order chi connectivity index (χ1) is 18.3. The van der Waals surface area contributed by atoms with Gasteiger partial charge in [-0.2, -0.15) is 0 Å². The van der Waals surface area contributed by atoms with Crippen LogP contribution in [0.2, 0.25) is 0 Å². The van der Waals surface area contributed by atoms with Crippen molar-refractivity contribution >= 4 is 28.8 Å². The van der Waals surface area contributed by atoms with Gasteiger partial charge in [0.25, 0.3) is 11.7 Å². The van der Waals surface area contributed by atoms with Gasteiger partial charge in [0.2, 0.25) is 0 Å². The fourth-order valence-corrected chi connectivity index (χ4v) is 4.88. The van der Waals surface area contributed by atoms with Crippen molar-refractivity contribution in [2.45, 2.75) is 19.9 Å². The van der Waals surface area contributed by atoms with Gasteiger partial charge in [-0.25, -0.2) is 8.78 Å². The van der Waals surface area contributed by atoms with Crippen LogP contribution in [-0.2, 0) is 9.59 Å². The SMILES string of the molecule is CCN(CC)c1ccc(C2/C(=C(/O)c3ccc4c(c3)OCCO4)C(=O)C(=O)N2c2ccc(F)cc2F)cc1. The molecule has 0 bridgehead atoms. The summed E-state index contributed by atoms with van der Waals surface area (Å²) in [5.74, 6) is -3.41. The van der Waals surface area contributed by atoms with E-state index in [0.717, 1.165) is 35.8 Å². The molecule has 2 heterocycles. The number of anilines is 2. The smallest absolute Gasteiger partial charge is 0.300 e. The number of aliphatic hydroxyl groups is 1. The number of hydrogen-bond donors (Lipinski definition) is 1. The lowest BCUT2D eigenvalue weighted by atomic mass is 9.94. The summed E-state index contributed by atoms with van der Waals surface area (Å²) in [5.41, 5.74) is 1.15. The normalized spacial score (nSPS) is 18.1. The van der Waals surface area contributed by atoms with Crippen LogP contribution in [-0.4, -0.2) is 43.1 Å². The summed E-state index contributed by atoms with van der Waals surface area (Å²) in [7, 11) is 0. The Morgan fingerprint density at radius 1 is 0.947 bits per heavy atom. The molecule has 5 rings (SSSR count). The van der Waals surface area contributed by atoms with Crippen LogP contribution in [0.25, 0.3) is 5.76 Å². The summed E-state index contributed by atoms with van der Waals surface area (Å²) >= 11 is 0. The molecule has 1 fully saturated rings. The Morgan fingerprint density at radius 3 is 2.29 bits per heavy atom. The second-order valence-corrected chi connectivity index (χ2v) is 8.89. The molecule has 2 aliphatic heterocycles. The number of ether oxygens (including phenoxy) is 2. The van der Waals surface area contributed by atoms with Crippen molar-refractivity contribution in [3.8, 4) is 11.5 Å². The Balaban J connectivity index is 1.68. The third-order valence-electron chi connectivity index (χ3n) is 6.77. The Kier molecular flexibility index (Phi) is 6.75. The molecule has 1 amide bonds. The summed E-state index contributed by atoms with van der Waals surface area (Å²) in [6, 6.07) is 13.4. The largest absolute Gasteiger partial charge is 0.507 e. The molecule has 7 nitrogen and oxygen atoms in total. The zero-order valence-corrected chi connectivity index (χ0v) is 20.9. The van der Waals surface area contributed by atoms with Gasteiger partial charge in [-0.15, -0.1) is 0 Å². The van der Waals surface area contributed by atoms with E-state index in [0.29, 0.717) is 36.3 Å². The molecular weight excluding hydrogens is 494 g/mol. The summed E-state index contributed by atoms with van der Waals surface area (Å²) in [5, 5.41) is 11.4. The highest BCUT2D eigenvalue weighted by atomic mass is 19.1. The number of fused-ring (bicyclic) bond motifs is 1. The number of nitrogens with zero attached hydrogens (tertiary/aromatic N) is 2. The van der Waals surface area contributed by atoms with Gasteiger partial charge in [-0.05, 0) is 61.9 Å². The van der Waals surface area contributed by atoms with E-state index in [-0.39, 0.29) is 16.8 Å². The molecule has 1 N–H and O–H groups in total. The predicted octanol–water partition coefficient (Wildman–Crippen LogP) is 5.21. The zero-order valence-electron chi connectivity index (χ0n) is 20.9. The van der Waals surface area contributed by atoms with Crippen LogP contribution in [0.3, 0.4) is 0 Å². The van der Waals surface area contributed by atoms with Gasteiger partial charge in [-0.1, -0.05) is 12.1 Å². The quantitative estimate of drug-likeness (QED) is 0.273. The lowest BCUT2D eigenvalue weighted by Gasteiger charge is -2.27. The summed E-state index contributed by atoms with van der Waals surface area (Å²) < 4.78 is 39.8. The molecule has 1 atom stereocenters. The highest BCUT2D eigenvalue weighted by molar-refractivity contribution is 6.51. The monoisotopic (exact) mass is 520 g/mol. The molecule has 9 heteroatoms. The van der Waals surface area contributed by atoms with Gasteiger partial charge in [0, 0.05) is 30.4 Å². The average molecular weight is 521 g/mol. The lowest BCUT2D eigenvalue weighted by Crippen LogP contribution is -2.30. The molecule has 0 saturated carbocycles. The molecule has 1 saturated heterocycles. The van der Waals surface area contributed by atoms with Crippen molar-refractivity contribution in [3.05, 3.63) is 89.0 Å². The standard InChI is InChI=1S/C29H26F2N2O5/c1-3-32(4-2)20-9-5-17(6-10-20)26-25(27(34)18-7-12-23-24(15-18)38-14-13-37-23)28(35)29(36)33(26)22-11-8-19(30)16-21(22)31/h5-12,15-16,26,34H,3-4,13-14H2,1-2H3/b27-25-. The molecule has 0 spiro atoms. The van der Waals surface area contributed by atoms with E-state index in [9.17, 15) is 23.5 Å². The Bertz CT molecular complexity index is 1430. The lowest BCUT2D eigenvalue weighted by molar-refractivity contribution is -0.132. The molecule has 3 aromatic carbocycles. The predicted molar refractivity (Wildman–Crippen MR) is 139 cm³/mol. The fourth-order valence-electron chi connectivity index (χ4n) is 4.88. The summed E-state index contributed by atoms with van der Waals surface area (Å²) in [6.45, 7) is 6.31. The minimum absolute atomic E-state index is 0.217. The van der Waals surface area contributed by atoms with Crippen LogP contribution in [0.15, 0.2) is 66.2 Å². The van der Waals surface area contributed by atoms with Crippen LogP contribution >= 0.6 is 0 Å². The number of amides is 1. The van der Waals surface area contributed by atoms with Crippen molar-refractivity contribution in [1.29, 1.82) is 0 Å². The zero-order chi connectivity index (χ0) is 27.0. The number of ketones is 1. The fraction of sp³-hybridized carbons (Fsp3) is 0.241. The van der Waals surface area contributed by atoms with E-state index in [1.807, 2.05) is 26.0 Å². The maximum Gasteiger partial charge on any atom is 0.300 e. The number of carbonyl (C=O) groups is 2.